The number of para-hydroxylation sites is 1. The van der Waals surface area contributed by atoms with Crippen molar-refractivity contribution in [1.29, 1.82) is 0 Å². The van der Waals surface area contributed by atoms with Gasteiger partial charge in [0.15, 0.2) is 0 Å². The predicted octanol–water partition coefficient (Wildman–Crippen LogP) is 5.05. The SMILES string of the molecule is CN1CCC(Oc2ccc(Nc3ncc4c(n3)N(C)CN(c3c(Cl)cccc3Cl)C4=O)cc2)CC1. The molecule has 0 radical (unpaired) electrons. The molecule has 182 valence electrons. The minimum absolute atomic E-state index is 0.252. The first-order chi connectivity index (χ1) is 16.9. The summed E-state index contributed by atoms with van der Waals surface area (Å²) in [5.41, 5.74) is 1.68. The highest BCUT2D eigenvalue weighted by atomic mass is 35.5. The summed E-state index contributed by atoms with van der Waals surface area (Å²) in [7, 11) is 3.99. The van der Waals surface area contributed by atoms with E-state index in [1.807, 2.05) is 36.2 Å². The molecule has 10 heteroatoms. The number of amides is 1. The number of aromatic nitrogens is 2. The largest absolute Gasteiger partial charge is 0.490 e. The molecule has 3 aromatic rings. The molecule has 1 saturated heterocycles. The van der Waals surface area contributed by atoms with E-state index in [2.05, 4.69) is 27.2 Å². The number of anilines is 4. The average Bonchev–Trinajstić information content (AvgIpc) is 2.85. The van der Waals surface area contributed by atoms with E-state index in [0.29, 0.717) is 33.1 Å². The lowest BCUT2D eigenvalue weighted by atomic mass is 10.1. The second kappa shape index (κ2) is 9.89. The summed E-state index contributed by atoms with van der Waals surface area (Å²) in [5, 5.41) is 4.02. The van der Waals surface area contributed by atoms with Gasteiger partial charge in [0.05, 0.1) is 22.4 Å². The monoisotopic (exact) mass is 512 g/mol. The van der Waals surface area contributed by atoms with Gasteiger partial charge in [-0.3, -0.25) is 9.69 Å². The van der Waals surface area contributed by atoms with Gasteiger partial charge >= 0.3 is 0 Å². The van der Waals surface area contributed by atoms with Crippen molar-refractivity contribution in [2.75, 3.05) is 49.0 Å². The molecule has 2 aliphatic rings. The van der Waals surface area contributed by atoms with Crippen molar-refractivity contribution < 1.29 is 9.53 Å². The van der Waals surface area contributed by atoms with Gasteiger partial charge in [0, 0.05) is 32.0 Å². The standard InChI is InChI=1S/C25H26Cl2N6O2/c1-31-12-10-18(11-13-31)35-17-8-6-16(7-9-17)29-25-28-14-19-23(30-25)32(2)15-33(24(19)34)22-20(26)4-3-5-21(22)27/h3-9,14,18H,10-13,15H2,1-2H3,(H,28,29,30). The Balaban J connectivity index is 1.29. The van der Waals surface area contributed by atoms with Crippen LogP contribution in [0.4, 0.5) is 23.1 Å². The molecule has 1 amide bonds. The number of hydrogen-bond acceptors (Lipinski definition) is 7. The lowest BCUT2D eigenvalue weighted by Gasteiger charge is -2.35. The fourth-order valence-corrected chi connectivity index (χ4v) is 4.93. The number of rotatable bonds is 5. The summed E-state index contributed by atoms with van der Waals surface area (Å²) in [5.74, 6) is 1.53. The van der Waals surface area contributed by atoms with Gasteiger partial charge in [-0.1, -0.05) is 29.3 Å². The Kier molecular flexibility index (Phi) is 6.69. The molecule has 0 spiro atoms. The van der Waals surface area contributed by atoms with E-state index in [0.717, 1.165) is 37.4 Å². The third-order valence-electron chi connectivity index (χ3n) is 6.25. The number of nitrogens with one attached hydrogen (secondary N) is 1. The van der Waals surface area contributed by atoms with Crippen LogP contribution >= 0.6 is 23.2 Å². The van der Waals surface area contributed by atoms with Gasteiger partial charge in [-0.05, 0) is 56.3 Å². The molecule has 3 heterocycles. The Labute approximate surface area is 214 Å². The number of carbonyl (C=O) groups excluding carboxylic acids is 1. The van der Waals surface area contributed by atoms with E-state index < -0.39 is 0 Å². The first kappa shape index (κ1) is 23.7. The van der Waals surface area contributed by atoms with Crippen LogP contribution in [-0.2, 0) is 0 Å². The fraction of sp³-hybridized carbons (Fsp3) is 0.320. The van der Waals surface area contributed by atoms with Gasteiger partial charge < -0.3 is 19.9 Å². The molecule has 2 aromatic carbocycles. The second-order valence-corrected chi connectivity index (χ2v) is 9.66. The van der Waals surface area contributed by atoms with E-state index in [-0.39, 0.29) is 18.7 Å². The van der Waals surface area contributed by atoms with Crippen LogP contribution in [-0.4, -0.2) is 60.7 Å². The van der Waals surface area contributed by atoms with Gasteiger partial charge in [0.1, 0.15) is 23.2 Å². The van der Waals surface area contributed by atoms with Crippen LogP contribution in [0.25, 0.3) is 0 Å². The molecule has 1 fully saturated rings. The number of fused-ring (bicyclic) bond motifs is 1. The molecular weight excluding hydrogens is 487 g/mol. The maximum absolute atomic E-state index is 13.2. The van der Waals surface area contributed by atoms with Gasteiger partial charge in [0.25, 0.3) is 5.91 Å². The van der Waals surface area contributed by atoms with Crippen LogP contribution in [0.1, 0.15) is 23.2 Å². The van der Waals surface area contributed by atoms with Crippen LogP contribution in [0, 0.1) is 0 Å². The van der Waals surface area contributed by atoms with E-state index in [9.17, 15) is 4.79 Å². The molecule has 1 N–H and O–H groups in total. The molecule has 0 saturated carbocycles. The molecular formula is C25H26Cl2N6O2. The lowest BCUT2D eigenvalue weighted by Crippen LogP contribution is -2.46. The normalized spacial score (nSPS) is 16.9. The van der Waals surface area contributed by atoms with Crippen LogP contribution < -0.4 is 19.9 Å². The number of carbonyl (C=O) groups is 1. The molecule has 0 bridgehead atoms. The zero-order chi connectivity index (χ0) is 24.5. The maximum Gasteiger partial charge on any atom is 0.265 e. The van der Waals surface area contributed by atoms with Crippen LogP contribution in [0.15, 0.2) is 48.7 Å². The van der Waals surface area contributed by atoms with Crippen LogP contribution in [0.2, 0.25) is 10.0 Å². The van der Waals surface area contributed by atoms with Crippen molar-refractivity contribution in [2.45, 2.75) is 18.9 Å². The highest BCUT2D eigenvalue weighted by Crippen LogP contribution is 2.37. The minimum atomic E-state index is -0.255. The molecule has 8 nitrogen and oxygen atoms in total. The van der Waals surface area contributed by atoms with Crippen LogP contribution in [0.3, 0.4) is 0 Å². The van der Waals surface area contributed by atoms with Crippen molar-refractivity contribution >= 4 is 52.3 Å². The quantitative estimate of drug-likeness (QED) is 0.512. The van der Waals surface area contributed by atoms with Crippen molar-refractivity contribution in [3.8, 4) is 5.75 Å². The summed E-state index contributed by atoms with van der Waals surface area (Å²) in [6.07, 6.45) is 3.84. The van der Waals surface area contributed by atoms with Crippen molar-refractivity contribution in [1.82, 2.24) is 14.9 Å². The Morgan fingerprint density at radius 2 is 1.71 bits per heavy atom. The van der Waals surface area contributed by atoms with E-state index in [4.69, 9.17) is 27.9 Å². The third kappa shape index (κ3) is 5.00. The van der Waals surface area contributed by atoms with Gasteiger partial charge in [0.2, 0.25) is 5.95 Å². The Morgan fingerprint density at radius 3 is 2.40 bits per heavy atom. The van der Waals surface area contributed by atoms with Crippen molar-refractivity contribution in [3.63, 3.8) is 0 Å². The van der Waals surface area contributed by atoms with Gasteiger partial charge in [-0.25, -0.2) is 4.98 Å². The maximum atomic E-state index is 13.2. The number of benzene rings is 2. The molecule has 0 atom stereocenters. The molecule has 35 heavy (non-hydrogen) atoms. The number of likely N-dealkylation sites (tertiary alicyclic amines) is 1. The molecule has 5 rings (SSSR count). The molecule has 0 aliphatic carbocycles. The zero-order valence-electron chi connectivity index (χ0n) is 19.5. The summed E-state index contributed by atoms with van der Waals surface area (Å²) >= 11 is 12.7. The van der Waals surface area contributed by atoms with Gasteiger partial charge in [-0.2, -0.15) is 4.98 Å². The van der Waals surface area contributed by atoms with Gasteiger partial charge in [-0.15, -0.1) is 0 Å². The van der Waals surface area contributed by atoms with E-state index >= 15 is 0 Å². The number of halogens is 2. The number of nitrogens with zero attached hydrogens (tertiary/aromatic N) is 5. The third-order valence-corrected chi connectivity index (χ3v) is 6.86. The Morgan fingerprint density at radius 1 is 1.03 bits per heavy atom. The molecule has 1 aromatic heterocycles. The highest BCUT2D eigenvalue weighted by Gasteiger charge is 2.32. The summed E-state index contributed by atoms with van der Waals surface area (Å²) in [4.78, 5) is 27.9. The smallest absolute Gasteiger partial charge is 0.265 e. The second-order valence-electron chi connectivity index (χ2n) is 8.84. The van der Waals surface area contributed by atoms with E-state index in [1.165, 1.54) is 11.1 Å². The van der Waals surface area contributed by atoms with Crippen molar-refractivity contribution in [2.24, 2.45) is 0 Å². The Hall–Kier alpha value is -3.07. The number of hydrogen-bond donors (Lipinski definition) is 1. The minimum Gasteiger partial charge on any atom is -0.490 e. The van der Waals surface area contributed by atoms with E-state index in [1.54, 1.807) is 18.2 Å². The lowest BCUT2D eigenvalue weighted by molar-refractivity contribution is 0.0982. The number of ether oxygens (including phenoxy) is 1. The Bertz CT molecular complexity index is 1210. The predicted molar refractivity (Wildman–Crippen MR) is 139 cm³/mol. The van der Waals surface area contributed by atoms with Crippen molar-refractivity contribution in [3.05, 3.63) is 64.3 Å². The summed E-state index contributed by atoms with van der Waals surface area (Å²) < 4.78 is 6.12. The number of piperidine rings is 1. The molecule has 0 unspecified atom stereocenters. The first-order valence-electron chi connectivity index (χ1n) is 11.5. The topological polar surface area (TPSA) is 73.8 Å². The summed E-state index contributed by atoms with van der Waals surface area (Å²) in [6, 6.07) is 12.9. The first-order valence-corrected chi connectivity index (χ1v) is 12.2. The molecule has 2 aliphatic heterocycles. The highest BCUT2D eigenvalue weighted by molar-refractivity contribution is 6.40. The average molecular weight is 513 g/mol. The zero-order valence-corrected chi connectivity index (χ0v) is 21.1. The van der Waals surface area contributed by atoms with Crippen LogP contribution in [0.5, 0.6) is 5.75 Å². The summed E-state index contributed by atoms with van der Waals surface area (Å²) in [6.45, 7) is 2.37. The fourth-order valence-electron chi connectivity index (χ4n) is 4.32.